The van der Waals surface area contributed by atoms with Crippen molar-refractivity contribution in [1.29, 1.82) is 0 Å². The molecular formula is C18H17ClN4O2. The van der Waals surface area contributed by atoms with Crippen molar-refractivity contribution in [3.8, 4) is 0 Å². The van der Waals surface area contributed by atoms with E-state index in [2.05, 4.69) is 14.9 Å². The molecule has 0 spiro atoms. The monoisotopic (exact) mass is 356 g/mol. The number of anilines is 1. The third-order valence-corrected chi connectivity index (χ3v) is 4.85. The normalized spacial score (nSPS) is 15.6. The SMILES string of the molecule is NC(=O)c1cnccc1N1CCC(c2nc3cc(Cl)ccc3o2)CC1. The molecule has 0 aliphatic carbocycles. The van der Waals surface area contributed by atoms with Crippen LogP contribution >= 0.6 is 11.6 Å². The summed E-state index contributed by atoms with van der Waals surface area (Å²) in [7, 11) is 0. The van der Waals surface area contributed by atoms with Crippen molar-refractivity contribution >= 4 is 34.3 Å². The number of fused-ring (bicyclic) bond motifs is 1. The van der Waals surface area contributed by atoms with Gasteiger partial charge >= 0.3 is 0 Å². The van der Waals surface area contributed by atoms with Gasteiger partial charge in [-0.15, -0.1) is 0 Å². The van der Waals surface area contributed by atoms with Gasteiger partial charge in [-0.05, 0) is 37.1 Å². The molecule has 1 fully saturated rings. The number of hydrogen-bond donors (Lipinski definition) is 1. The number of primary amides is 1. The van der Waals surface area contributed by atoms with Gasteiger partial charge in [-0.25, -0.2) is 4.98 Å². The maximum atomic E-state index is 11.6. The minimum Gasteiger partial charge on any atom is -0.440 e. The van der Waals surface area contributed by atoms with Gasteiger partial charge in [0.1, 0.15) is 5.52 Å². The Morgan fingerprint density at radius 2 is 2.08 bits per heavy atom. The first-order valence-corrected chi connectivity index (χ1v) is 8.54. The summed E-state index contributed by atoms with van der Waals surface area (Å²) >= 11 is 6.01. The molecule has 0 saturated carbocycles. The standard InChI is InChI=1S/C18H17ClN4O2/c19-12-1-2-16-14(9-12)22-18(25-16)11-4-7-23(8-5-11)15-3-6-21-10-13(15)17(20)24/h1-3,6,9-11H,4-5,7-8H2,(H2,20,24). The Labute approximate surface area is 149 Å². The molecule has 0 unspecified atom stereocenters. The highest BCUT2D eigenvalue weighted by atomic mass is 35.5. The number of pyridine rings is 1. The van der Waals surface area contributed by atoms with Crippen LogP contribution in [0.25, 0.3) is 11.1 Å². The number of carbonyl (C=O) groups excluding carboxylic acids is 1. The molecule has 1 aromatic carbocycles. The predicted octanol–water partition coefficient (Wildman–Crippen LogP) is 3.36. The first kappa shape index (κ1) is 15.9. The van der Waals surface area contributed by atoms with Crippen molar-refractivity contribution in [1.82, 2.24) is 9.97 Å². The number of hydrogen-bond acceptors (Lipinski definition) is 5. The number of oxazole rings is 1. The summed E-state index contributed by atoms with van der Waals surface area (Å²) in [6.45, 7) is 1.60. The van der Waals surface area contributed by atoms with Crippen LogP contribution in [0, 0.1) is 0 Å². The van der Waals surface area contributed by atoms with E-state index in [9.17, 15) is 4.79 Å². The van der Waals surface area contributed by atoms with Crippen molar-refractivity contribution in [2.45, 2.75) is 18.8 Å². The lowest BCUT2D eigenvalue weighted by atomic mass is 9.96. The lowest BCUT2D eigenvalue weighted by Gasteiger charge is -2.33. The highest BCUT2D eigenvalue weighted by Crippen LogP contribution is 2.33. The molecule has 6 nitrogen and oxygen atoms in total. The van der Waals surface area contributed by atoms with E-state index in [4.69, 9.17) is 21.8 Å². The van der Waals surface area contributed by atoms with Crippen LogP contribution in [0.3, 0.4) is 0 Å². The van der Waals surface area contributed by atoms with E-state index in [0.29, 0.717) is 10.6 Å². The largest absolute Gasteiger partial charge is 0.440 e. The maximum absolute atomic E-state index is 11.6. The van der Waals surface area contributed by atoms with Crippen LogP contribution in [0.1, 0.15) is 35.0 Å². The van der Waals surface area contributed by atoms with E-state index in [-0.39, 0.29) is 5.92 Å². The molecule has 7 heteroatoms. The van der Waals surface area contributed by atoms with Gasteiger partial charge in [0, 0.05) is 36.4 Å². The molecule has 1 saturated heterocycles. The Kier molecular flexibility index (Phi) is 4.05. The summed E-state index contributed by atoms with van der Waals surface area (Å²) in [5.41, 5.74) is 8.29. The highest BCUT2D eigenvalue weighted by molar-refractivity contribution is 6.31. The zero-order chi connectivity index (χ0) is 17.4. The fraction of sp³-hybridized carbons (Fsp3) is 0.278. The molecule has 3 heterocycles. The molecule has 128 valence electrons. The second-order valence-electron chi connectivity index (χ2n) is 6.18. The lowest BCUT2D eigenvalue weighted by Crippen LogP contribution is -2.34. The number of nitrogens with two attached hydrogens (primary N) is 1. The zero-order valence-electron chi connectivity index (χ0n) is 13.5. The van der Waals surface area contributed by atoms with Crippen LogP contribution in [0.5, 0.6) is 0 Å². The number of rotatable bonds is 3. The van der Waals surface area contributed by atoms with Crippen molar-refractivity contribution in [2.24, 2.45) is 5.73 Å². The van der Waals surface area contributed by atoms with E-state index in [1.807, 2.05) is 18.2 Å². The number of piperidine rings is 1. The second kappa shape index (κ2) is 6.37. The van der Waals surface area contributed by atoms with Crippen LogP contribution in [0.2, 0.25) is 5.02 Å². The topological polar surface area (TPSA) is 85.3 Å². The van der Waals surface area contributed by atoms with Crippen LogP contribution < -0.4 is 10.6 Å². The average molecular weight is 357 g/mol. The van der Waals surface area contributed by atoms with Gasteiger partial charge < -0.3 is 15.1 Å². The van der Waals surface area contributed by atoms with E-state index >= 15 is 0 Å². The Hall–Kier alpha value is -2.60. The Morgan fingerprint density at radius 3 is 2.84 bits per heavy atom. The summed E-state index contributed by atoms with van der Waals surface area (Å²) in [6, 6.07) is 7.30. The number of aromatic nitrogens is 2. The molecule has 2 aromatic heterocycles. The molecule has 3 aromatic rings. The molecule has 1 aliphatic heterocycles. The van der Waals surface area contributed by atoms with Crippen molar-refractivity contribution in [3.05, 3.63) is 53.1 Å². The first-order chi connectivity index (χ1) is 12.1. The molecule has 25 heavy (non-hydrogen) atoms. The van der Waals surface area contributed by atoms with Gasteiger partial charge in [0.15, 0.2) is 11.5 Å². The molecule has 1 aliphatic rings. The number of halogens is 1. The Morgan fingerprint density at radius 1 is 1.28 bits per heavy atom. The van der Waals surface area contributed by atoms with Crippen LogP contribution in [-0.2, 0) is 0 Å². The molecule has 4 rings (SSSR count). The molecule has 2 N–H and O–H groups in total. The average Bonchev–Trinajstić information content (AvgIpc) is 3.05. The minimum absolute atomic E-state index is 0.251. The Bertz CT molecular complexity index is 932. The third kappa shape index (κ3) is 3.05. The quantitative estimate of drug-likeness (QED) is 0.777. The van der Waals surface area contributed by atoms with E-state index in [1.165, 1.54) is 6.20 Å². The van der Waals surface area contributed by atoms with Gasteiger partial charge in [-0.2, -0.15) is 0 Å². The number of benzene rings is 1. The van der Waals surface area contributed by atoms with Crippen molar-refractivity contribution in [3.63, 3.8) is 0 Å². The predicted molar refractivity (Wildman–Crippen MR) is 96.0 cm³/mol. The molecule has 1 amide bonds. The summed E-state index contributed by atoms with van der Waals surface area (Å²) in [4.78, 5) is 22.3. The molecular weight excluding hydrogens is 340 g/mol. The maximum Gasteiger partial charge on any atom is 0.252 e. The highest BCUT2D eigenvalue weighted by Gasteiger charge is 2.26. The fourth-order valence-electron chi connectivity index (χ4n) is 3.31. The van der Waals surface area contributed by atoms with E-state index < -0.39 is 5.91 Å². The first-order valence-electron chi connectivity index (χ1n) is 8.16. The van der Waals surface area contributed by atoms with Crippen molar-refractivity contribution in [2.75, 3.05) is 18.0 Å². The summed E-state index contributed by atoms with van der Waals surface area (Å²) in [6.07, 6.45) is 4.98. The molecule has 0 bridgehead atoms. The van der Waals surface area contributed by atoms with Gasteiger partial charge in [0.25, 0.3) is 5.91 Å². The van der Waals surface area contributed by atoms with E-state index in [1.54, 1.807) is 12.3 Å². The van der Waals surface area contributed by atoms with Gasteiger partial charge in [-0.3, -0.25) is 9.78 Å². The summed E-state index contributed by atoms with van der Waals surface area (Å²) in [5, 5.41) is 0.652. The number of carbonyl (C=O) groups is 1. The lowest BCUT2D eigenvalue weighted by molar-refractivity contribution is 0.100. The zero-order valence-corrected chi connectivity index (χ0v) is 14.2. The van der Waals surface area contributed by atoms with Crippen molar-refractivity contribution < 1.29 is 9.21 Å². The summed E-state index contributed by atoms with van der Waals surface area (Å²) < 4.78 is 5.89. The fourth-order valence-corrected chi connectivity index (χ4v) is 3.48. The van der Waals surface area contributed by atoms with E-state index in [0.717, 1.165) is 48.6 Å². The Balaban J connectivity index is 1.52. The summed E-state index contributed by atoms with van der Waals surface area (Å²) in [5.74, 6) is 0.545. The van der Waals surface area contributed by atoms with Gasteiger partial charge in [0.2, 0.25) is 0 Å². The molecule has 0 atom stereocenters. The van der Waals surface area contributed by atoms with Gasteiger partial charge in [-0.1, -0.05) is 11.6 Å². The minimum atomic E-state index is -0.457. The number of nitrogens with zero attached hydrogens (tertiary/aromatic N) is 3. The smallest absolute Gasteiger partial charge is 0.252 e. The molecule has 0 radical (unpaired) electrons. The van der Waals surface area contributed by atoms with Crippen LogP contribution in [-0.4, -0.2) is 29.0 Å². The van der Waals surface area contributed by atoms with Crippen LogP contribution in [0.4, 0.5) is 5.69 Å². The van der Waals surface area contributed by atoms with Crippen LogP contribution in [0.15, 0.2) is 41.1 Å². The number of amides is 1. The third-order valence-electron chi connectivity index (χ3n) is 4.61. The van der Waals surface area contributed by atoms with Gasteiger partial charge in [0.05, 0.1) is 11.3 Å². The second-order valence-corrected chi connectivity index (χ2v) is 6.62.